The third-order valence-corrected chi connectivity index (χ3v) is 3.57. The van der Waals surface area contributed by atoms with Gasteiger partial charge in [-0.1, -0.05) is 29.8 Å². The van der Waals surface area contributed by atoms with Crippen molar-refractivity contribution < 1.29 is 5.11 Å². The number of aliphatic hydroxyl groups excluding tert-OH is 1. The fourth-order valence-electron chi connectivity index (χ4n) is 2.30. The van der Waals surface area contributed by atoms with Gasteiger partial charge in [-0.2, -0.15) is 15.1 Å². The number of benzene rings is 1. The molecule has 7 nitrogen and oxygen atoms in total. The van der Waals surface area contributed by atoms with Gasteiger partial charge in [-0.15, -0.1) is 12.4 Å². The van der Waals surface area contributed by atoms with Crippen molar-refractivity contribution in [2.45, 2.75) is 13.5 Å². The van der Waals surface area contributed by atoms with Gasteiger partial charge in [-0.3, -0.25) is 4.68 Å². The van der Waals surface area contributed by atoms with Gasteiger partial charge >= 0.3 is 0 Å². The molecule has 2 aromatic heterocycles. The van der Waals surface area contributed by atoms with Gasteiger partial charge in [0.2, 0.25) is 5.95 Å². The average Bonchev–Trinajstić information content (AvgIpc) is 2.93. The quantitative estimate of drug-likeness (QED) is 0.632. The second kappa shape index (κ2) is 7.94. The fraction of sp³-hybridized carbons (Fsp3) is 0.312. The Labute approximate surface area is 146 Å². The van der Waals surface area contributed by atoms with Gasteiger partial charge in [0.15, 0.2) is 5.65 Å². The van der Waals surface area contributed by atoms with Crippen molar-refractivity contribution in [3.63, 3.8) is 0 Å². The molecule has 0 aliphatic heterocycles. The summed E-state index contributed by atoms with van der Waals surface area (Å²) in [4.78, 5) is 8.91. The molecule has 128 valence electrons. The van der Waals surface area contributed by atoms with E-state index in [0.717, 1.165) is 16.9 Å². The molecule has 0 radical (unpaired) electrons. The van der Waals surface area contributed by atoms with Crippen LogP contribution in [-0.4, -0.2) is 38.0 Å². The summed E-state index contributed by atoms with van der Waals surface area (Å²) >= 11 is 0. The lowest BCUT2D eigenvalue weighted by molar-refractivity contribution is 0.311. The molecule has 0 atom stereocenters. The molecule has 0 aliphatic carbocycles. The van der Waals surface area contributed by atoms with E-state index in [2.05, 4.69) is 56.9 Å². The van der Waals surface area contributed by atoms with Gasteiger partial charge in [0.05, 0.1) is 18.2 Å². The molecule has 0 fully saturated rings. The van der Waals surface area contributed by atoms with Crippen LogP contribution in [0, 0.1) is 6.92 Å². The first-order valence-corrected chi connectivity index (χ1v) is 7.51. The molecule has 3 N–H and O–H groups in total. The first-order valence-electron chi connectivity index (χ1n) is 7.51. The number of hydrogen-bond donors (Lipinski definition) is 3. The molecule has 8 heteroatoms. The number of fused-ring (bicyclic) bond motifs is 1. The zero-order valence-corrected chi connectivity index (χ0v) is 14.5. The van der Waals surface area contributed by atoms with Crippen LogP contribution in [0.15, 0.2) is 30.5 Å². The second-order valence-corrected chi connectivity index (χ2v) is 5.39. The fourth-order valence-corrected chi connectivity index (χ4v) is 2.30. The predicted molar refractivity (Wildman–Crippen MR) is 97.6 cm³/mol. The normalized spacial score (nSPS) is 10.5. The van der Waals surface area contributed by atoms with Crippen molar-refractivity contribution in [1.29, 1.82) is 0 Å². The summed E-state index contributed by atoms with van der Waals surface area (Å²) < 4.78 is 1.71. The van der Waals surface area contributed by atoms with E-state index >= 15 is 0 Å². The van der Waals surface area contributed by atoms with E-state index in [4.69, 9.17) is 5.11 Å². The highest BCUT2D eigenvalue weighted by Crippen LogP contribution is 2.22. The lowest BCUT2D eigenvalue weighted by Crippen LogP contribution is -2.11. The molecule has 24 heavy (non-hydrogen) atoms. The van der Waals surface area contributed by atoms with Crippen molar-refractivity contribution in [3.8, 4) is 0 Å². The minimum atomic E-state index is 0. The molecular formula is C16H21ClN6O. The van der Waals surface area contributed by atoms with Crippen LogP contribution in [0.3, 0.4) is 0 Å². The van der Waals surface area contributed by atoms with Gasteiger partial charge in [-0.05, 0) is 12.5 Å². The van der Waals surface area contributed by atoms with Crippen LogP contribution in [0.2, 0.25) is 0 Å². The first kappa shape index (κ1) is 18.0. The van der Waals surface area contributed by atoms with E-state index in [1.54, 1.807) is 10.9 Å². The Balaban J connectivity index is 0.00000208. The van der Waals surface area contributed by atoms with Crippen molar-refractivity contribution >= 4 is 35.2 Å². The minimum absolute atomic E-state index is 0. The largest absolute Gasteiger partial charge is 0.395 e. The topological polar surface area (TPSA) is 87.9 Å². The summed E-state index contributed by atoms with van der Waals surface area (Å²) in [6, 6.07) is 8.36. The second-order valence-electron chi connectivity index (χ2n) is 5.39. The molecule has 1 aromatic carbocycles. The Morgan fingerprint density at radius 1 is 1.12 bits per heavy atom. The third-order valence-electron chi connectivity index (χ3n) is 3.57. The molecular weight excluding hydrogens is 328 g/mol. The Kier molecular flexibility index (Phi) is 5.94. The minimum Gasteiger partial charge on any atom is -0.395 e. The highest BCUT2D eigenvalue weighted by atomic mass is 35.5. The summed E-state index contributed by atoms with van der Waals surface area (Å²) in [5.74, 6) is 1.20. The van der Waals surface area contributed by atoms with E-state index in [1.165, 1.54) is 11.1 Å². The highest BCUT2D eigenvalue weighted by Gasteiger charge is 2.11. The summed E-state index contributed by atoms with van der Waals surface area (Å²) in [6.07, 6.45) is 1.75. The molecule has 0 saturated heterocycles. The molecule has 3 rings (SSSR count). The lowest BCUT2D eigenvalue weighted by Gasteiger charge is -2.10. The summed E-state index contributed by atoms with van der Waals surface area (Å²) in [7, 11) is 1.84. The Morgan fingerprint density at radius 3 is 2.58 bits per heavy atom. The summed E-state index contributed by atoms with van der Waals surface area (Å²) in [5.41, 5.74) is 3.16. The number of halogens is 1. The predicted octanol–water partition coefficient (Wildman–Crippen LogP) is 2.11. The van der Waals surface area contributed by atoms with Gasteiger partial charge in [-0.25, -0.2) is 0 Å². The van der Waals surface area contributed by atoms with Crippen LogP contribution in [0.4, 0.5) is 11.8 Å². The molecule has 3 aromatic rings. The van der Waals surface area contributed by atoms with Crippen LogP contribution >= 0.6 is 12.4 Å². The zero-order valence-electron chi connectivity index (χ0n) is 13.7. The summed E-state index contributed by atoms with van der Waals surface area (Å²) in [6.45, 7) is 3.17. The smallest absolute Gasteiger partial charge is 0.226 e. The molecule has 0 unspecified atom stereocenters. The van der Waals surface area contributed by atoms with E-state index < -0.39 is 0 Å². The summed E-state index contributed by atoms with van der Waals surface area (Å²) in [5, 5.41) is 20.4. The van der Waals surface area contributed by atoms with Crippen LogP contribution in [0.1, 0.15) is 11.1 Å². The van der Waals surface area contributed by atoms with E-state index in [1.807, 2.05) is 7.05 Å². The SMILES string of the molecule is Cc1ccc(CNc2nc(NCCO)nc3c2cnn3C)cc1.Cl. The number of aliphatic hydroxyl groups is 1. The van der Waals surface area contributed by atoms with Gasteiger partial charge in [0.1, 0.15) is 5.82 Å². The number of anilines is 2. The van der Waals surface area contributed by atoms with Gasteiger partial charge < -0.3 is 15.7 Å². The number of aromatic nitrogens is 4. The maximum absolute atomic E-state index is 8.95. The first-order chi connectivity index (χ1) is 11.2. The van der Waals surface area contributed by atoms with Crippen molar-refractivity contribution in [1.82, 2.24) is 19.7 Å². The number of hydrogen-bond acceptors (Lipinski definition) is 6. The lowest BCUT2D eigenvalue weighted by atomic mass is 10.1. The number of nitrogens with zero attached hydrogens (tertiary/aromatic N) is 4. The Bertz CT molecular complexity index is 802. The molecule has 0 spiro atoms. The molecule has 0 saturated carbocycles. The van der Waals surface area contributed by atoms with Crippen molar-refractivity contribution in [2.75, 3.05) is 23.8 Å². The van der Waals surface area contributed by atoms with E-state index in [9.17, 15) is 0 Å². The number of rotatable bonds is 6. The van der Waals surface area contributed by atoms with Crippen LogP contribution in [0.25, 0.3) is 11.0 Å². The maximum Gasteiger partial charge on any atom is 0.226 e. The standard InChI is InChI=1S/C16H20N6O.ClH/c1-11-3-5-12(6-4-11)9-18-14-13-10-19-22(2)15(13)21-16(20-14)17-7-8-23;/h3-6,10,23H,7-9H2,1-2H3,(H2,17,18,20,21);1H. The highest BCUT2D eigenvalue weighted by molar-refractivity contribution is 5.87. The zero-order chi connectivity index (χ0) is 16.2. The monoisotopic (exact) mass is 348 g/mol. The molecule has 0 bridgehead atoms. The van der Waals surface area contributed by atoms with Crippen molar-refractivity contribution in [3.05, 3.63) is 41.6 Å². The number of nitrogens with one attached hydrogen (secondary N) is 2. The Morgan fingerprint density at radius 2 is 1.88 bits per heavy atom. The molecule has 0 amide bonds. The number of aryl methyl sites for hydroxylation is 2. The van der Waals surface area contributed by atoms with Gasteiger partial charge in [0, 0.05) is 20.1 Å². The Hall–Kier alpha value is -2.38. The van der Waals surface area contributed by atoms with E-state index in [0.29, 0.717) is 19.0 Å². The molecule has 2 heterocycles. The van der Waals surface area contributed by atoms with Crippen LogP contribution in [-0.2, 0) is 13.6 Å². The maximum atomic E-state index is 8.95. The van der Waals surface area contributed by atoms with Crippen LogP contribution in [0.5, 0.6) is 0 Å². The van der Waals surface area contributed by atoms with Crippen LogP contribution < -0.4 is 10.6 Å². The third kappa shape index (κ3) is 3.93. The van der Waals surface area contributed by atoms with Crippen molar-refractivity contribution in [2.24, 2.45) is 7.05 Å². The van der Waals surface area contributed by atoms with Gasteiger partial charge in [0.25, 0.3) is 0 Å². The molecule has 0 aliphatic rings. The average molecular weight is 349 g/mol. The van der Waals surface area contributed by atoms with E-state index in [-0.39, 0.29) is 19.0 Å².